The molecule has 0 fully saturated rings. The first-order valence-corrected chi connectivity index (χ1v) is 8.59. The standard InChI is InChI=1S/C18H26ClN3O3/c1-4-11-22(3)12-17(23)20-10-9-14(2)21-18(24)13-25-16-7-5-15(19)6-8-16/h5-8H,2,4,9-13H2,1,3H3,(H,20,23)(H,21,24). The minimum atomic E-state index is -0.297. The van der Waals surface area contributed by atoms with Crippen LogP contribution >= 0.6 is 11.6 Å². The van der Waals surface area contributed by atoms with E-state index in [4.69, 9.17) is 16.3 Å². The van der Waals surface area contributed by atoms with Gasteiger partial charge in [-0.25, -0.2) is 0 Å². The Balaban J connectivity index is 2.17. The van der Waals surface area contributed by atoms with Gasteiger partial charge in [0.2, 0.25) is 5.91 Å². The van der Waals surface area contributed by atoms with E-state index in [9.17, 15) is 9.59 Å². The van der Waals surface area contributed by atoms with Crippen molar-refractivity contribution in [1.82, 2.24) is 15.5 Å². The van der Waals surface area contributed by atoms with Gasteiger partial charge in [0.05, 0.1) is 6.54 Å². The lowest BCUT2D eigenvalue weighted by Crippen LogP contribution is -2.36. The van der Waals surface area contributed by atoms with Crippen LogP contribution in [-0.2, 0) is 9.59 Å². The van der Waals surface area contributed by atoms with Gasteiger partial charge in [-0.05, 0) is 44.3 Å². The van der Waals surface area contributed by atoms with Crippen LogP contribution in [0.2, 0.25) is 5.02 Å². The number of benzene rings is 1. The van der Waals surface area contributed by atoms with Gasteiger partial charge in [-0.3, -0.25) is 14.5 Å². The number of nitrogens with zero attached hydrogens (tertiary/aromatic N) is 1. The maximum atomic E-state index is 11.8. The molecule has 0 saturated carbocycles. The molecule has 0 saturated heterocycles. The summed E-state index contributed by atoms with van der Waals surface area (Å²) < 4.78 is 5.35. The normalized spacial score (nSPS) is 10.4. The first kappa shape index (κ1) is 21.0. The van der Waals surface area contributed by atoms with Crippen molar-refractivity contribution in [3.63, 3.8) is 0 Å². The maximum Gasteiger partial charge on any atom is 0.262 e. The lowest BCUT2D eigenvalue weighted by molar-refractivity contribution is -0.122. The van der Waals surface area contributed by atoms with Crippen molar-refractivity contribution in [3.8, 4) is 5.75 Å². The number of hydrogen-bond acceptors (Lipinski definition) is 4. The van der Waals surface area contributed by atoms with E-state index in [0.717, 1.165) is 13.0 Å². The topological polar surface area (TPSA) is 70.7 Å². The van der Waals surface area contributed by atoms with Gasteiger partial charge in [-0.2, -0.15) is 0 Å². The average Bonchev–Trinajstić information content (AvgIpc) is 2.54. The summed E-state index contributed by atoms with van der Waals surface area (Å²) in [5.74, 6) is 0.226. The molecule has 0 radical (unpaired) electrons. The zero-order valence-electron chi connectivity index (χ0n) is 14.8. The number of halogens is 1. The molecule has 7 heteroatoms. The van der Waals surface area contributed by atoms with Gasteiger partial charge >= 0.3 is 0 Å². The molecule has 0 aliphatic heterocycles. The lowest BCUT2D eigenvalue weighted by atomic mass is 10.3. The number of carbonyl (C=O) groups excluding carboxylic acids is 2. The lowest BCUT2D eigenvalue weighted by Gasteiger charge is -2.15. The average molecular weight is 368 g/mol. The number of amides is 2. The molecule has 0 atom stereocenters. The Morgan fingerprint density at radius 2 is 1.92 bits per heavy atom. The smallest absolute Gasteiger partial charge is 0.262 e. The summed E-state index contributed by atoms with van der Waals surface area (Å²) in [6.07, 6.45) is 1.47. The van der Waals surface area contributed by atoms with E-state index >= 15 is 0 Å². The monoisotopic (exact) mass is 367 g/mol. The van der Waals surface area contributed by atoms with Crippen LogP contribution in [-0.4, -0.2) is 50.0 Å². The highest BCUT2D eigenvalue weighted by Crippen LogP contribution is 2.15. The summed E-state index contributed by atoms with van der Waals surface area (Å²) in [5, 5.41) is 6.06. The molecule has 1 rings (SSSR count). The third-order valence-corrected chi connectivity index (χ3v) is 3.52. The molecule has 2 N–H and O–H groups in total. The van der Waals surface area contributed by atoms with E-state index in [1.54, 1.807) is 24.3 Å². The van der Waals surface area contributed by atoms with Crippen molar-refractivity contribution >= 4 is 23.4 Å². The number of nitrogens with one attached hydrogen (secondary N) is 2. The molecule has 25 heavy (non-hydrogen) atoms. The van der Waals surface area contributed by atoms with Gasteiger partial charge < -0.3 is 15.4 Å². The molecule has 6 nitrogen and oxygen atoms in total. The number of likely N-dealkylation sites (N-methyl/N-ethyl adjacent to an activating group) is 1. The number of rotatable bonds is 11. The molecule has 0 unspecified atom stereocenters. The van der Waals surface area contributed by atoms with Crippen molar-refractivity contribution in [3.05, 3.63) is 41.6 Å². The van der Waals surface area contributed by atoms with Crippen LogP contribution in [0.3, 0.4) is 0 Å². The van der Waals surface area contributed by atoms with Crippen LogP contribution in [0.15, 0.2) is 36.5 Å². The Bertz CT molecular complexity index is 575. The van der Waals surface area contributed by atoms with E-state index in [2.05, 4.69) is 24.1 Å². The van der Waals surface area contributed by atoms with Crippen molar-refractivity contribution in [2.75, 3.05) is 33.3 Å². The van der Waals surface area contributed by atoms with E-state index in [1.165, 1.54) is 0 Å². The molecule has 2 amide bonds. The molecule has 1 aromatic rings. The second-order valence-electron chi connectivity index (χ2n) is 5.73. The summed E-state index contributed by atoms with van der Waals surface area (Å²) in [6, 6.07) is 6.76. The Morgan fingerprint density at radius 1 is 1.24 bits per heavy atom. The van der Waals surface area contributed by atoms with Crippen LogP contribution < -0.4 is 15.4 Å². The SMILES string of the molecule is C=C(CCNC(=O)CN(C)CCC)NC(=O)COc1ccc(Cl)cc1. The van der Waals surface area contributed by atoms with Gasteiger partial charge in [0.25, 0.3) is 5.91 Å². The number of hydrogen-bond donors (Lipinski definition) is 2. The zero-order valence-corrected chi connectivity index (χ0v) is 15.6. The molecule has 138 valence electrons. The molecule has 0 heterocycles. The van der Waals surface area contributed by atoms with Gasteiger partial charge in [0.1, 0.15) is 5.75 Å². The first-order valence-electron chi connectivity index (χ1n) is 8.22. The Morgan fingerprint density at radius 3 is 2.56 bits per heavy atom. The number of carbonyl (C=O) groups is 2. The van der Waals surface area contributed by atoms with Crippen LogP contribution in [0.1, 0.15) is 19.8 Å². The van der Waals surface area contributed by atoms with Crippen LogP contribution in [0.25, 0.3) is 0 Å². The zero-order chi connectivity index (χ0) is 18.7. The fourth-order valence-electron chi connectivity index (χ4n) is 2.09. The fraction of sp³-hybridized carbons (Fsp3) is 0.444. The summed E-state index contributed by atoms with van der Waals surface area (Å²) in [7, 11) is 1.91. The summed E-state index contributed by atoms with van der Waals surface area (Å²) >= 11 is 5.78. The van der Waals surface area contributed by atoms with Crippen molar-refractivity contribution in [2.45, 2.75) is 19.8 Å². The molecular weight excluding hydrogens is 342 g/mol. The van der Waals surface area contributed by atoms with E-state index in [-0.39, 0.29) is 18.4 Å². The quantitative estimate of drug-likeness (QED) is 0.629. The van der Waals surface area contributed by atoms with Crippen molar-refractivity contribution in [2.24, 2.45) is 0 Å². The Hall–Kier alpha value is -2.05. The van der Waals surface area contributed by atoms with Gasteiger partial charge in [-0.15, -0.1) is 0 Å². The number of ether oxygens (including phenoxy) is 1. The van der Waals surface area contributed by atoms with E-state index < -0.39 is 0 Å². The largest absolute Gasteiger partial charge is 0.484 e. The van der Waals surface area contributed by atoms with E-state index in [1.807, 2.05) is 11.9 Å². The highest BCUT2D eigenvalue weighted by atomic mass is 35.5. The summed E-state index contributed by atoms with van der Waals surface area (Å²) in [6.45, 7) is 7.40. The third kappa shape index (κ3) is 9.74. The van der Waals surface area contributed by atoms with E-state index in [0.29, 0.717) is 36.0 Å². The first-order chi connectivity index (χ1) is 11.9. The van der Waals surface area contributed by atoms with Crippen LogP contribution in [0, 0.1) is 0 Å². The molecular formula is C18H26ClN3O3. The highest BCUT2D eigenvalue weighted by Gasteiger charge is 2.07. The fourth-order valence-corrected chi connectivity index (χ4v) is 2.22. The minimum Gasteiger partial charge on any atom is -0.484 e. The second-order valence-corrected chi connectivity index (χ2v) is 6.17. The van der Waals surface area contributed by atoms with Crippen LogP contribution in [0.4, 0.5) is 0 Å². The predicted octanol–water partition coefficient (Wildman–Crippen LogP) is 2.20. The van der Waals surface area contributed by atoms with Crippen molar-refractivity contribution < 1.29 is 14.3 Å². The van der Waals surface area contributed by atoms with Gasteiger partial charge in [-0.1, -0.05) is 25.1 Å². The molecule has 0 aliphatic carbocycles. The Kier molecular flexibility index (Phi) is 9.65. The molecule has 0 aliphatic rings. The highest BCUT2D eigenvalue weighted by molar-refractivity contribution is 6.30. The minimum absolute atomic E-state index is 0.0406. The second kappa shape index (κ2) is 11.5. The van der Waals surface area contributed by atoms with Crippen molar-refractivity contribution in [1.29, 1.82) is 0 Å². The molecule has 1 aromatic carbocycles. The van der Waals surface area contributed by atoms with Gasteiger partial charge in [0, 0.05) is 23.7 Å². The third-order valence-electron chi connectivity index (χ3n) is 3.27. The molecule has 0 bridgehead atoms. The summed E-state index contributed by atoms with van der Waals surface area (Å²) in [5.41, 5.74) is 0.534. The Labute approximate surface area is 154 Å². The van der Waals surface area contributed by atoms with Gasteiger partial charge in [0.15, 0.2) is 6.61 Å². The molecule has 0 spiro atoms. The summed E-state index contributed by atoms with van der Waals surface area (Å²) in [4.78, 5) is 25.5. The maximum absolute atomic E-state index is 11.8. The molecule has 0 aromatic heterocycles. The van der Waals surface area contributed by atoms with Crippen LogP contribution in [0.5, 0.6) is 5.75 Å². The predicted molar refractivity (Wildman–Crippen MR) is 99.6 cm³/mol.